The summed E-state index contributed by atoms with van der Waals surface area (Å²) in [5, 5.41) is 0. The van der Waals surface area contributed by atoms with Gasteiger partial charge in [0.2, 0.25) is 0 Å². The summed E-state index contributed by atoms with van der Waals surface area (Å²) < 4.78 is 11.6. The zero-order valence-electron chi connectivity index (χ0n) is 14.5. The predicted molar refractivity (Wildman–Crippen MR) is 102 cm³/mol. The number of hydrogen-bond donors (Lipinski definition) is 0. The van der Waals surface area contributed by atoms with Gasteiger partial charge in [0.05, 0.1) is 25.9 Å². The van der Waals surface area contributed by atoms with Crippen LogP contribution in [-0.2, 0) is 0 Å². The van der Waals surface area contributed by atoms with Crippen LogP contribution < -0.4 is 14.4 Å². The Bertz CT molecular complexity index is 781. The molecule has 0 saturated carbocycles. The van der Waals surface area contributed by atoms with Gasteiger partial charge in [-0.15, -0.1) is 0 Å². The summed E-state index contributed by atoms with van der Waals surface area (Å²) in [5.74, 6) is 1.47. The predicted octanol–water partition coefficient (Wildman–Crippen LogP) is 4.47. The van der Waals surface area contributed by atoms with Crippen LogP contribution >= 0.6 is 15.9 Å². The van der Waals surface area contributed by atoms with Crippen molar-refractivity contribution in [3.63, 3.8) is 0 Å². The molecule has 5 nitrogen and oxygen atoms in total. The number of nitrogens with zero attached hydrogens (tertiary/aromatic N) is 2. The van der Waals surface area contributed by atoms with Crippen molar-refractivity contribution in [3.05, 3.63) is 52.5 Å². The monoisotopic (exact) mass is 404 g/mol. The van der Waals surface area contributed by atoms with E-state index < -0.39 is 0 Å². The molecule has 0 unspecified atom stereocenters. The lowest BCUT2D eigenvalue weighted by atomic mass is 10.1. The minimum absolute atomic E-state index is 0.0176. The number of benzene rings is 2. The lowest BCUT2D eigenvalue weighted by molar-refractivity contribution is 0.205. The second kappa shape index (κ2) is 7.35. The molecule has 3 rings (SSSR count). The van der Waals surface area contributed by atoms with Gasteiger partial charge in [-0.05, 0) is 42.8 Å². The summed E-state index contributed by atoms with van der Waals surface area (Å²) in [6.45, 7) is 3.33. The third-order valence-corrected chi connectivity index (χ3v) is 5.01. The number of carbonyl (C=O) groups excluding carboxylic acids is 1. The first-order chi connectivity index (χ1) is 12.0. The average Bonchev–Trinajstić information content (AvgIpc) is 3.02. The van der Waals surface area contributed by atoms with Gasteiger partial charge >= 0.3 is 6.03 Å². The third-order valence-electron chi connectivity index (χ3n) is 4.52. The number of hydrogen-bond acceptors (Lipinski definition) is 3. The Morgan fingerprint density at radius 1 is 1.08 bits per heavy atom. The fourth-order valence-electron chi connectivity index (χ4n) is 3.09. The second-order valence-electron chi connectivity index (χ2n) is 5.90. The first kappa shape index (κ1) is 17.6. The van der Waals surface area contributed by atoms with Gasteiger partial charge in [0.15, 0.2) is 0 Å². The molecule has 0 aliphatic carbocycles. The van der Waals surface area contributed by atoms with Gasteiger partial charge in [-0.25, -0.2) is 4.79 Å². The molecule has 0 spiro atoms. The molecule has 1 aliphatic rings. The van der Waals surface area contributed by atoms with E-state index in [1.165, 1.54) is 0 Å². The Balaban J connectivity index is 1.84. The standard InChI is InChI=1S/C19H21BrN2O3/c1-13(14-5-4-6-16(11-14)24-2)21-9-10-22(19(21)23)17-8-7-15(20)12-18(17)25-3/h4-8,11-13H,9-10H2,1-3H3/t13-/m1/s1. The highest BCUT2D eigenvalue weighted by molar-refractivity contribution is 9.10. The molecule has 0 bridgehead atoms. The Morgan fingerprint density at radius 3 is 2.60 bits per heavy atom. The number of carbonyl (C=O) groups is 1. The van der Waals surface area contributed by atoms with E-state index in [9.17, 15) is 4.79 Å². The normalized spacial score (nSPS) is 15.4. The van der Waals surface area contributed by atoms with Gasteiger partial charge in [0, 0.05) is 17.6 Å². The van der Waals surface area contributed by atoms with Crippen LogP contribution in [0.25, 0.3) is 0 Å². The van der Waals surface area contributed by atoms with E-state index in [0.717, 1.165) is 21.5 Å². The fraction of sp³-hybridized carbons (Fsp3) is 0.316. The largest absolute Gasteiger partial charge is 0.497 e. The minimum atomic E-state index is -0.0333. The van der Waals surface area contributed by atoms with Gasteiger partial charge < -0.3 is 14.4 Å². The summed E-state index contributed by atoms with van der Waals surface area (Å²) in [6, 6.07) is 13.5. The van der Waals surface area contributed by atoms with E-state index in [1.54, 1.807) is 19.1 Å². The van der Waals surface area contributed by atoms with Crippen molar-refractivity contribution in [2.45, 2.75) is 13.0 Å². The van der Waals surface area contributed by atoms with E-state index in [4.69, 9.17) is 9.47 Å². The summed E-state index contributed by atoms with van der Waals surface area (Å²) in [4.78, 5) is 16.6. The van der Waals surface area contributed by atoms with Crippen molar-refractivity contribution in [2.75, 3.05) is 32.2 Å². The molecule has 0 aromatic heterocycles. The molecule has 2 amide bonds. The Morgan fingerprint density at radius 2 is 1.88 bits per heavy atom. The number of anilines is 1. The van der Waals surface area contributed by atoms with Crippen LogP contribution in [0.3, 0.4) is 0 Å². The maximum atomic E-state index is 13.0. The molecule has 1 aliphatic heterocycles. The third kappa shape index (κ3) is 3.44. The summed E-state index contributed by atoms with van der Waals surface area (Å²) in [5.41, 5.74) is 1.84. The Labute approximate surface area is 156 Å². The highest BCUT2D eigenvalue weighted by atomic mass is 79.9. The molecule has 1 atom stereocenters. The average molecular weight is 405 g/mol. The van der Waals surface area contributed by atoms with Crippen molar-refractivity contribution in [2.24, 2.45) is 0 Å². The first-order valence-electron chi connectivity index (χ1n) is 8.10. The quantitative estimate of drug-likeness (QED) is 0.737. The molecular formula is C19H21BrN2O3. The number of ether oxygens (including phenoxy) is 2. The second-order valence-corrected chi connectivity index (χ2v) is 6.81. The van der Waals surface area contributed by atoms with Crippen molar-refractivity contribution in [1.82, 2.24) is 4.90 Å². The minimum Gasteiger partial charge on any atom is -0.497 e. The SMILES string of the molecule is COc1cccc([C@@H](C)N2CCN(c3ccc(Br)cc3OC)C2=O)c1. The Kier molecular flexibility index (Phi) is 5.18. The van der Waals surface area contributed by atoms with E-state index in [1.807, 2.05) is 54.3 Å². The zero-order valence-corrected chi connectivity index (χ0v) is 16.1. The lowest BCUT2D eigenvalue weighted by Crippen LogP contribution is -2.33. The van der Waals surface area contributed by atoms with Gasteiger partial charge in [0.25, 0.3) is 0 Å². The molecule has 132 valence electrons. The molecule has 25 heavy (non-hydrogen) atoms. The van der Waals surface area contributed by atoms with Crippen LogP contribution in [0.5, 0.6) is 11.5 Å². The molecule has 0 radical (unpaired) electrons. The summed E-state index contributed by atoms with van der Waals surface area (Å²) in [7, 11) is 3.26. The number of halogens is 1. The van der Waals surface area contributed by atoms with Crippen molar-refractivity contribution in [1.29, 1.82) is 0 Å². The molecule has 1 fully saturated rings. The number of urea groups is 1. The van der Waals surface area contributed by atoms with Crippen LogP contribution in [0, 0.1) is 0 Å². The highest BCUT2D eigenvalue weighted by Crippen LogP contribution is 2.35. The first-order valence-corrected chi connectivity index (χ1v) is 8.90. The maximum absolute atomic E-state index is 13.0. The van der Waals surface area contributed by atoms with Gasteiger partial charge in [0.1, 0.15) is 11.5 Å². The molecule has 0 N–H and O–H groups in total. The highest BCUT2D eigenvalue weighted by Gasteiger charge is 2.34. The lowest BCUT2D eigenvalue weighted by Gasteiger charge is -2.26. The summed E-state index contributed by atoms with van der Waals surface area (Å²) >= 11 is 3.43. The van der Waals surface area contributed by atoms with Crippen LogP contribution in [0.4, 0.5) is 10.5 Å². The molecule has 2 aromatic rings. The van der Waals surface area contributed by atoms with Gasteiger partial charge in [-0.3, -0.25) is 4.90 Å². The Hall–Kier alpha value is -2.21. The van der Waals surface area contributed by atoms with Crippen LogP contribution in [0.15, 0.2) is 46.9 Å². The van der Waals surface area contributed by atoms with E-state index in [-0.39, 0.29) is 12.1 Å². The number of amides is 2. The smallest absolute Gasteiger partial charge is 0.325 e. The van der Waals surface area contributed by atoms with Crippen molar-refractivity contribution < 1.29 is 14.3 Å². The summed E-state index contributed by atoms with van der Waals surface area (Å²) in [6.07, 6.45) is 0. The zero-order chi connectivity index (χ0) is 18.0. The number of rotatable bonds is 5. The van der Waals surface area contributed by atoms with Crippen LogP contribution in [-0.4, -0.2) is 38.2 Å². The molecule has 1 heterocycles. The van der Waals surface area contributed by atoms with E-state index >= 15 is 0 Å². The van der Waals surface area contributed by atoms with Crippen LogP contribution in [0.1, 0.15) is 18.5 Å². The van der Waals surface area contributed by atoms with E-state index in [2.05, 4.69) is 15.9 Å². The molecule has 2 aromatic carbocycles. The number of methoxy groups -OCH3 is 2. The van der Waals surface area contributed by atoms with E-state index in [0.29, 0.717) is 18.8 Å². The van der Waals surface area contributed by atoms with Crippen molar-refractivity contribution in [3.8, 4) is 11.5 Å². The van der Waals surface area contributed by atoms with Gasteiger partial charge in [-0.1, -0.05) is 28.1 Å². The molecular weight excluding hydrogens is 384 g/mol. The van der Waals surface area contributed by atoms with Gasteiger partial charge in [-0.2, -0.15) is 0 Å². The van der Waals surface area contributed by atoms with Crippen LogP contribution in [0.2, 0.25) is 0 Å². The molecule has 1 saturated heterocycles. The maximum Gasteiger partial charge on any atom is 0.325 e. The fourth-order valence-corrected chi connectivity index (χ4v) is 3.43. The molecule has 6 heteroatoms. The van der Waals surface area contributed by atoms with Crippen molar-refractivity contribution >= 4 is 27.6 Å². The topological polar surface area (TPSA) is 42.0 Å².